The number of thioether (sulfide) groups is 1. The highest BCUT2D eigenvalue weighted by Crippen LogP contribution is 2.40. The number of fused-ring (bicyclic) bond motifs is 1. The molecule has 0 radical (unpaired) electrons. The molecule has 0 spiro atoms. The van der Waals surface area contributed by atoms with Gasteiger partial charge in [0.25, 0.3) is 0 Å². The van der Waals surface area contributed by atoms with Gasteiger partial charge in [0.15, 0.2) is 0 Å². The van der Waals surface area contributed by atoms with Gasteiger partial charge in [0.1, 0.15) is 0 Å². The summed E-state index contributed by atoms with van der Waals surface area (Å²) in [6, 6.07) is 9.45. The molecule has 1 aliphatic rings. The van der Waals surface area contributed by atoms with E-state index in [1.54, 1.807) is 0 Å². The van der Waals surface area contributed by atoms with E-state index < -0.39 is 0 Å². The lowest BCUT2D eigenvalue weighted by molar-refractivity contribution is 0.516. The molecule has 0 fully saturated rings. The second-order valence-electron chi connectivity index (χ2n) is 5.63. The van der Waals surface area contributed by atoms with Crippen LogP contribution in [-0.2, 0) is 0 Å². The molecule has 0 aliphatic carbocycles. The van der Waals surface area contributed by atoms with Crippen LogP contribution in [0.3, 0.4) is 0 Å². The smallest absolute Gasteiger partial charge is 0.0828 e. The largest absolute Gasteiger partial charge is 0.374 e. The van der Waals surface area contributed by atoms with Crippen LogP contribution in [0.4, 0.5) is 5.69 Å². The van der Waals surface area contributed by atoms with E-state index in [-0.39, 0.29) is 0 Å². The Morgan fingerprint density at radius 2 is 2.05 bits per heavy atom. The Balaban J connectivity index is 1.90. The third kappa shape index (κ3) is 2.22. The van der Waals surface area contributed by atoms with E-state index in [1.165, 1.54) is 21.8 Å². The Morgan fingerprint density at radius 1 is 1.30 bits per heavy atom. The van der Waals surface area contributed by atoms with Crippen molar-refractivity contribution in [1.82, 2.24) is 9.78 Å². The molecule has 0 bridgehead atoms. The van der Waals surface area contributed by atoms with Crippen molar-refractivity contribution >= 4 is 17.4 Å². The maximum Gasteiger partial charge on any atom is 0.0828 e. The van der Waals surface area contributed by atoms with E-state index >= 15 is 0 Å². The minimum atomic E-state index is 0.387. The highest BCUT2D eigenvalue weighted by atomic mass is 32.2. The first-order chi connectivity index (χ1) is 9.58. The summed E-state index contributed by atoms with van der Waals surface area (Å²) in [6.45, 7) is 8.58. The summed E-state index contributed by atoms with van der Waals surface area (Å²) in [5.41, 5.74) is 4.92. The Hall–Kier alpha value is -1.42. The van der Waals surface area contributed by atoms with Crippen molar-refractivity contribution in [2.75, 3.05) is 11.1 Å². The zero-order chi connectivity index (χ0) is 14.3. The van der Waals surface area contributed by atoms with Crippen molar-refractivity contribution in [1.29, 1.82) is 0 Å². The second-order valence-corrected chi connectivity index (χ2v) is 6.69. The molecule has 1 N–H and O–H groups in total. The first-order valence-electron chi connectivity index (χ1n) is 7.12. The Kier molecular flexibility index (Phi) is 3.50. The zero-order valence-electron chi connectivity index (χ0n) is 12.5. The Bertz CT molecular complexity index is 631. The highest BCUT2D eigenvalue weighted by Gasteiger charge is 2.24. The molecule has 20 heavy (non-hydrogen) atoms. The van der Waals surface area contributed by atoms with Gasteiger partial charge < -0.3 is 5.32 Å². The summed E-state index contributed by atoms with van der Waals surface area (Å²) in [5, 5.41) is 8.36. The quantitative estimate of drug-likeness (QED) is 0.910. The molecule has 3 rings (SSSR count). The van der Waals surface area contributed by atoms with Crippen LogP contribution in [0.25, 0.3) is 0 Å². The number of nitrogens with one attached hydrogen (secondary N) is 1. The number of aryl methyl sites for hydroxylation is 1. The predicted octanol–water partition coefficient (Wildman–Crippen LogP) is 4.34. The third-order valence-electron chi connectivity index (χ3n) is 3.83. The molecule has 2 aromatic rings. The minimum Gasteiger partial charge on any atom is -0.374 e. The molecule has 0 saturated carbocycles. The maximum atomic E-state index is 4.66. The van der Waals surface area contributed by atoms with E-state index in [0.717, 1.165) is 11.4 Å². The molecule has 1 atom stereocenters. The number of anilines is 1. The fourth-order valence-electron chi connectivity index (χ4n) is 2.83. The fraction of sp³-hybridized carbons (Fsp3) is 0.438. The highest BCUT2D eigenvalue weighted by molar-refractivity contribution is 7.99. The Morgan fingerprint density at radius 3 is 2.75 bits per heavy atom. The van der Waals surface area contributed by atoms with Gasteiger partial charge in [0, 0.05) is 16.7 Å². The lowest BCUT2D eigenvalue weighted by atomic mass is 10.1. The van der Waals surface area contributed by atoms with Gasteiger partial charge in [0.2, 0.25) is 0 Å². The molecule has 1 aromatic carbocycles. The van der Waals surface area contributed by atoms with Gasteiger partial charge in [-0.2, -0.15) is 5.10 Å². The molecular formula is C16H21N3S. The van der Waals surface area contributed by atoms with Crippen LogP contribution in [0.15, 0.2) is 29.2 Å². The summed E-state index contributed by atoms with van der Waals surface area (Å²) in [5.74, 6) is 1.09. The van der Waals surface area contributed by atoms with Gasteiger partial charge in [-0.25, -0.2) is 0 Å². The number of nitrogens with zero attached hydrogens (tertiary/aromatic N) is 2. The summed E-state index contributed by atoms with van der Waals surface area (Å²) in [7, 11) is 0. The number of rotatable bonds is 3. The van der Waals surface area contributed by atoms with Crippen molar-refractivity contribution in [2.24, 2.45) is 0 Å². The second kappa shape index (κ2) is 5.17. The van der Waals surface area contributed by atoms with Gasteiger partial charge in [-0.05, 0) is 39.3 Å². The van der Waals surface area contributed by atoms with Gasteiger partial charge in [-0.3, -0.25) is 4.68 Å². The van der Waals surface area contributed by atoms with Crippen molar-refractivity contribution in [3.05, 3.63) is 41.2 Å². The minimum absolute atomic E-state index is 0.387. The predicted molar refractivity (Wildman–Crippen MR) is 85.6 cm³/mol. The van der Waals surface area contributed by atoms with Gasteiger partial charge >= 0.3 is 0 Å². The molecule has 106 valence electrons. The molecule has 1 unspecified atom stereocenters. The SMILES string of the molecule is Cc1nn(C(C)C)c(C)c1NC1CSc2ccccc21. The van der Waals surface area contributed by atoms with Crippen LogP contribution in [0, 0.1) is 13.8 Å². The normalized spacial score (nSPS) is 17.6. The van der Waals surface area contributed by atoms with Crippen molar-refractivity contribution in [2.45, 2.75) is 44.7 Å². The Labute approximate surface area is 124 Å². The molecule has 3 nitrogen and oxygen atoms in total. The van der Waals surface area contributed by atoms with Crippen LogP contribution in [0.1, 0.15) is 42.9 Å². The number of hydrogen-bond acceptors (Lipinski definition) is 3. The first-order valence-corrected chi connectivity index (χ1v) is 8.10. The topological polar surface area (TPSA) is 29.9 Å². The summed E-state index contributed by atoms with van der Waals surface area (Å²) >= 11 is 1.93. The summed E-state index contributed by atoms with van der Waals surface area (Å²) in [4.78, 5) is 1.40. The van der Waals surface area contributed by atoms with Crippen LogP contribution >= 0.6 is 11.8 Å². The van der Waals surface area contributed by atoms with E-state index in [2.05, 4.69) is 67.1 Å². The van der Waals surface area contributed by atoms with Gasteiger partial charge in [0.05, 0.1) is 23.1 Å². The molecular weight excluding hydrogens is 266 g/mol. The molecule has 4 heteroatoms. The number of benzene rings is 1. The number of aromatic nitrogens is 2. The van der Waals surface area contributed by atoms with E-state index in [4.69, 9.17) is 0 Å². The average Bonchev–Trinajstić information content (AvgIpc) is 2.95. The average molecular weight is 287 g/mol. The molecule has 0 saturated heterocycles. The monoisotopic (exact) mass is 287 g/mol. The third-order valence-corrected chi connectivity index (χ3v) is 5.02. The zero-order valence-corrected chi connectivity index (χ0v) is 13.3. The van der Waals surface area contributed by atoms with Crippen LogP contribution in [0.5, 0.6) is 0 Å². The van der Waals surface area contributed by atoms with Crippen LogP contribution in [0.2, 0.25) is 0 Å². The van der Waals surface area contributed by atoms with Crippen molar-refractivity contribution in [3.8, 4) is 0 Å². The van der Waals surface area contributed by atoms with Crippen LogP contribution in [-0.4, -0.2) is 15.5 Å². The summed E-state index contributed by atoms with van der Waals surface area (Å²) in [6.07, 6.45) is 0. The van der Waals surface area contributed by atoms with Crippen molar-refractivity contribution in [3.63, 3.8) is 0 Å². The standard InChI is InChI=1S/C16H21N3S/c1-10(2)19-12(4)16(11(3)18-19)17-14-9-20-15-8-6-5-7-13(14)15/h5-8,10,14,17H,9H2,1-4H3. The lowest BCUT2D eigenvalue weighted by Gasteiger charge is -2.16. The van der Waals surface area contributed by atoms with E-state index in [0.29, 0.717) is 12.1 Å². The molecule has 1 aliphatic heterocycles. The van der Waals surface area contributed by atoms with Crippen molar-refractivity contribution < 1.29 is 0 Å². The maximum absolute atomic E-state index is 4.66. The first kappa shape index (κ1) is 13.6. The molecule has 1 aromatic heterocycles. The van der Waals surface area contributed by atoms with E-state index in [9.17, 15) is 0 Å². The molecule has 2 heterocycles. The lowest BCUT2D eigenvalue weighted by Crippen LogP contribution is -2.11. The van der Waals surface area contributed by atoms with Crippen LogP contribution < -0.4 is 5.32 Å². The van der Waals surface area contributed by atoms with Gasteiger partial charge in [-0.1, -0.05) is 18.2 Å². The van der Waals surface area contributed by atoms with Gasteiger partial charge in [-0.15, -0.1) is 11.8 Å². The molecule has 0 amide bonds. The van der Waals surface area contributed by atoms with E-state index in [1.807, 2.05) is 11.8 Å². The summed E-state index contributed by atoms with van der Waals surface area (Å²) < 4.78 is 2.10. The fourth-order valence-corrected chi connectivity index (χ4v) is 3.99. The number of hydrogen-bond donors (Lipinski definition) is 1.